The van der Waals surface area contributed by atoms with E-state index in [1.165, 1.54) is 68.6 Å². The normalized spacial score (nSPS) is 30.9. The molecule has 0 radical (unpaired) electrons. The molecule has 2 fully saturated rings. The molecule has 0 N–H and O–H groups in total. The summed E-state index contributed by atoms with van der Waals surface area (Å²) in [7, 11) is -1.27. The maximum atomic E-state index is 13.2. The molecule has 1 aliphatic heterocycles. The zero-order valence-electron chi connectivity index (χ0n) is 17.4. The highest BCUT2D eigenvalue weighted by Gasteiger charge is 2.40. The third-order valence-electron chi connectivity index (χ3n) is 7.88. The van der Waals surface area contributed by atoms with Crippen LogP contribution in [0, 0.1) is 17.7 Å². The molecule has 0 atom stereocenters. The number of hydrogen-bond donors (Lipinski definition) is 0. The van der Waals surface area contributed by atoms with Crippen molar-refractivity contribution in [2.45, 2.75) is 75.9 Å². The molecule has 2 aromatic carbocycles. The second kappa shape index (κ2) is 8.94. The second-order valence-corrected chi connectivity index (χ2v) is 14.0. The molecule has 0 bridgehead atoms. The first-order chi connectivity index (χ1) is 13.7. The molecular formula is C26H35FSi. The SMILES string of the molecule is CCC[Si]1(c2ccccc2)CCC(C2CCC(c3ccc(F)cc3)CC2)CC1. The van der Waals surface area contributed by atoms with Gasteiger partial charge in [-0.2, -0.15) is 0 Å². The highest BCUT2D eigenvalue weighted by Crippen LogP contribution is 2.45. The van der Waals surface area contributed by atoms with Gasteiger partial charge in [0.25, 0.3) is 0 Å². The van der Waals surface area contributed by atoms with Crippen LogP contribution in [-0.2, 0) is 0 Å². The van der Waals surface area contributed by atoms with Gasteiger partial charge in [0, 0.05) is 0 Å². The standard InChI is InChI=1S/C26H35FSi/c1-2-18-28(26-6-4-3-5-7-26)19-16-24(17-20-28)22-10-8-21(9-11-22)23-12-14-25(27)15-13-23/h3-7,12-15,21-22,24H,2,8-11,16-20H2,1H3. The molecule has 2 heteroatoms. The van der Waals surface area contributed by atoms with Crippen LogP contribution in [0.2, 0.25) is 18.1 Å². The summed E-state index contributed by atoms with van der Waals surface area (Å²) < 4.78 is 13.2. The van der Waals surface area contributed by atoms with Crippen LogP contribution < -0.4 is 5.19 Å². The summed E-state index contributed by atoms with van der Waals surface area (Å²) in [5.41, 5.74) is 1.35. The summed E-state index contributed by atoms with van der Waals surface area (Å²) in [6.07, 6.45) is 9.61. The van der Waals surface area contributed by atoms with Gasteiger partial charge in [0.15, 0.2) is 0 Å². The monoisotopic (exact) mass is 394 g/mol. The molecule has 28 heavy (non-hydrogen) atoms. The number of benzene rings is 2. The Hall–Kier alpha value is -1.41. The van der Waals surface area contributed by atoms with Crippen molar-refractivity contribution in [2.75, 3.05) is 0 Å². The third kappa shape index (κ3) is 4.27. The lowest BCUT2D eigenvalue weighted by atomic mass is 9.72. The van der Waals surface area contributed by atoms with E-state index in [1.54, 1.807) is 17.3 Å². The average Bonchev–Trinajstić information content (AvgIpc) is 2.76. The van der Waals surface area contributed by atoms with E-state index in [0.29, 0.717) is 5.92 Å². The molecule has 0 unspecified atom stereocenters. The summed E-state index contributed by atoms with van der Waals surface area (Å²) in [4.78, 5) is 0. The van der Waals surface area contributed by atoms with E-state index >= 15 is 0 Å². The molecule has 1 aliphatic carbocycles. The fourth-order valence-corrected chi connectivity index (χ4v) is 11.6. The van der Waals surface area contributed by atoms with Crippen molar-refractivity contribution in [2.24, 2.45) is 11.8 Å². The van der Waals surface area contributed by atoms with Crippen molar-refractivity contribution in [1.82, 2.24) is 0 Å². The lowest BCUT2D eigenvalue weighted by Gasteiger charge is -2.43. The van der Waals surface area contributed by atoms with Gasteiger partial charge in [0.2, 0.25) is 0 Å². The Labute approximate surface area is 171 Å². The highest BCUT2D eigenvalue weighted by molar-refractivity contribution is 6.92. The smallest absolute Gasteiger partial charge is 0.123 e. The molecule has 2 aliphatic rings. The number of hydrogen-bond acceptors (Lipinski definition) is 0. The van der Waals surface area contributed by atoms with Gasteiger partial charge in [-0.05, 0) is 61.1 Å². The molecule has 0 amide bonds. The highest BCUT2D eigenvalue weighted by atomic mass is 28.3. The number of halogens is 1. The maximum absolute atomic E-state index is 13.2. The Morgan fingerprint density at radius 2 is 1.39 bits per heavy atom. The molecule has 1 heterocycles. The molecule has 1 saturated heterocycles. The van der Waals surface area contributed by atoms with Gasteiger partial charge < -0.3 is 0 Å². The van der Waals surface area contributed by atoms with Crippen molar-refractivity contribution >= 4 is 13.3 Å². The Morgan fingerprint density at radius 1 is 0.786 bits per heavy atom. The summed E-state index contributed by atoms with van der Waals surface area (Å²) in [5.74, 6) is 2.42. The molecule has 2 aromatic rings. The zero-order valence-corrected chi connectivity index (χ0v) is 18.4. The van der Waals surface area contributed by atoms with Crippen LogP contribution in [0.25, 0.3) is 0 Å². The largest absolute Gasteiger partial charge is 0.207 e. The lowest BCUT2D eigenvalue weighted by Crippen LogP contribution is -2.50. The minimum atomic E-state index is -1.27. The molecular weight excluding hydrogens is 359 g/mol. The van der Waals surface area contributed by atoms with Crippen molar-refractivity contribution in [3.8, 4) is 0 Å². The first-order valence-electron chi connectivity index (χ1n) is 11.5. The summed E-state index contributed by atoms with van der Waals surface area (Å²) in [6, 6.07) is 23.3. The zero-order chi connectivity index (χ0) is 19.4. The van der Waals surface area contributed by atoms with Crippen LogP contribution in [0.15, 0.2) is 54.6 Å². The molecule has 1 saturated carbocycles. The lowest BCUT2D eigenvalue weighted by molar-refractivity contribution is 0.215. The molecule has 150 valence electrons. The Kier molecular flexibility index (Phi) is 6.35. The fourth-order valence-electron chi connectivity index (χ4n) is 6.28. The fraction of sp³-hybridized carbons (Fsp3) is 0.538. The minimum absolute atomic E-state index is 0.113. The van der Waals surface area contributed by atoms with Crippen LogP contribution in [0.5, 0.6) is 0 Å². The van der Waals surface area contributed by atoms with E-state index in [1.807, 2.05) is 12.1 Å². The van der Waals surface area contributed by atoms with Crippen molar-refractivity contribution in [1.29, 1.82) is 0 Å². The Balaban J connectivity index is 1.34. The van der Waals surface area contributed by atoms with Crippen LogP contribution in [-0.4, -0.2) is 8.07 Å². The minimum Gasteiger partial charge on any atom is -0.207 e. The Bertz CT molecular complexity index is 723. The average molecular weight is 395 g/mol. The number of rotatable bonds is 5. The van der Waals surface area contributed by atoms with Gasteiger partial charge in [-0.25, -0.2) is 4.39 Å². The predicted molar refractivity (Wildman–Crippen MR) is 120 cm³/mol. The van der Waals surface area contributed by atoms with Crippen LogP contribution in [0.3, 0.4) is 0 Å². The van der Waals surface area contributed by atoms with Gasteiger partial charge in [-0.1, -0.05) is 92.0 Å². The van der Waals surface area contributed by atoms with E-state index in [0.717, 1.165) is 11.8 Å². The van der Waals surface area contributed by atoms with Gasteiger partial charge in [-0.15, -0.1) is 0 Å². The van der Waals surface area contributed by atoms with E-state index in [-0.39, 0.29) is 5.82 Å². The molecule has 4 rings (SSSR count). The third-order valence-corrected chi connectivity index (χ3v) is 13.4. The molecule has 0 spiro atoms. The summed E-state index contributed by atoms with van der Waals surface area (Å²) in [6.45, 7) is 2.38. The molecule has 0 nitrogen and oxygen atoms in total. The maximum Gasteiger partial charge on any atom is 0.123 e. The van der Waals surface area contributed by atoms with Gasteiger partial charge in [0.1, 0.15) is 5.82 Å². The first-order valence-corrected chi connectivity index (χ1v) is 14.1. The first kappa shape index (κ1) is 19.9. The predicted octanol–water partition coefficient (Wildman–Crippen LogP) is 7.28. The van der Waals surface area contributed by atoms with Gasteiger partial charge in [-0.3, -0.25) is 0 Å². The summed E-state index contributed by atoms with van der Waals surface area (Å²) >= 11 is 0. The quantitative estimate of drug-likeness (QED) is 0.468. The van der Waals surface area contributed by atoms with E-state index in [4.69, 9.17) is 0 Å². The van der Waals surface area contributed by atoms with Crippen molar-refractivity contribution in [3.63, 3.8) is 0 Å². The van der Waals surface area contributed by atoms with Crippen LogP contribution >= 0.6 is 0 Å². The van der Waals surface area contributed by atoms with Crippen LogP contribution in [0.4, 0.5) is 4.39 Å². The Morgan fingerprint density at radius 3 is 2.00 bits per heavy atom. The van der Waals surface area contributed by atoms with E-state index in [2.05, 4.69) is 37.3 Å². The van der Waals surface area contributed by atoms with E-state index < -0.39 is 8.07 Å². The topological polar surface area (TPSA) is 0 Å². The van der Waals surface area contributed by atoms with E-state index in [9.17, 15) is 4.39 Å². The summed E-state index contributed by atoms with van der Waals surface area (Å²) in [5, 5.41) is 1.72. The van der Waals surface area contributed by atoms with Gasteiger partial charge >= 0.3 is 0 Å². The molecule has 0 aromatic heterocycles. The van der Waals surface area contributed by atoms with Crippen molar-refractivity contribution < 1.29 is 4.39 Å². The van der Waals surface area contributed by atoms with Crippen molar-refractivity contribution in [3.05, 3.63) is 66.0 Å². The van der Waals surface area contributed by atoms with Crippen LogP contribution in [0.1, 0.15) is 63.4 Å². The second-order valence-electron chi connectivity index (χ2n) is 9.40. The van der Waals surface area contributed by atoms with Gasteiger partial charge in [0.05, 0.1) is 8.07 Å².